The van der Waals surface area contributed by atoms with E-state index in [9.17, 15) is 19.8 Å². The van der Waals surface area contributed by atoms with Gasteiger partial charge >= 0.3 is 23.1 Å². The summed E-state index contributed by atoms with van der Waals surface area (Å²) < 4.78 is 0. The minimum absolute atomic E-state index is 0. The van der Waals surface area contributed by atoms with Gasteiger partial charge in [0.1, 0.15) is 0 Å². The number of hydrogen-bond acceptors (Lipinski definition) is 4. The first-order valence-electron chi connectivity index (χ1n) is 10.7. The molecule has 0 atom stereocenters. The normalized spacial score (nSPS) is 11.2. The predicted molar refractivity (Wildman–Crippen MR) is 108 cm³/mol. The molecule has 4 nitrogen and oxygen atoms in total. The molecule has 0 rings (SSSR count). The van der Waals surface area contributed by atoms with E-state index in [-0.39, 0.29) is 35.0 Å². The minimum atomic E-state index is -1.47. The van der Waals surface area contributed by atoms with E-state index in [4.69, 9.17) is 0 Å². The van der Waals surface area contributed by atoms with Gasteiger partial charge in [0.05, 0.1) is 11.9 Å². The van der Waals surface area contributed by atoms with Crippen molar-refractivity contribution in [3.05, 3.63) is 11.6 Å². The van der Waals surface area contributed by atoms with Gasteiger partial charge in [0.15, 0.2) is 0 Å². The van der Waals surface area contributed by atoms with Crippen molar-refractivity contribution in [1.29, 1.82) is 0 Å². The van der Waals surface area contributed by atoms with Crippen molar-refractivity contribution in [2.45, 2.75) is 116 Å². The van der Waals surface area contributed by atoms with Crippen molar-refractivity contribution in [2.75, 3.05) is 0 Å². The van der Waals surface area contributed by atoms with E-state index in [2.05, 4.69) is 6.92 Å². The maximum Gasteiger partial charge on any atom is 2.00 e. The van der Waals surface area contributed by atoms with Crippen LogP contribution in [0.15, 0.2) is 11.6 Å². The van der Waals surface area contributed by atoms with Crippen molar-refractivity contribution in [1.82, 2.24) is 0 Å². The van der Waals surface area contributed by atoms with Crippen LogP contribution in [0.4, 0.5) is 0 Å². The fourth-order valence-corrected chi connectivity index (χ4v) is 3.24. The maximum absolute atomic E-state index is 10.8. The first kappa shape index (κ1) is 28.7. The summed E-state index contributed by atoms with van der Waals surface area (Å²) in [5.41, 5.74) is -0.171. The van der Waals surface area contributed by atoms with Crippen molar-refractivity contribution >= 4 is 35.0 Å². The van der Waals surface area contributed by atoms with Gasteiger partial charge in [-0.05, 0) is 24.5 Å². The van der Waals surface area contributed by atoms with Crippen LogP contribution >= 0.6 is 0 Å². The Hall–Kier alpha value is -0.554. The van der Waals surface area contributed by atoms with Crippen molar-refractivity contribution in [3.8, 4) is 0 Å². The molecule has 152 valence electrons. The van der Waals surface area contributed by atoms with Gasteiger partial charge in [-0.1, -0.05) is 103 Å². The summed E-state index contributed by atoms with van der Waals surface area (Å²) in [5.74, 6) is -2.88. The summed E-state index contributed by atoms with van der Waals surface area (Å²) in [6.45, 7) is 2.25. The average Bonchev–Trinajstić information content (AvgIpc) is 2.59. The number of carbonyl (C=O) groups is 2. The van der Waals surface area contributed by atoms with Crippen LogP contribution in [0.2, 0.25) is 0 Å². The number of aliphatic carboxylic acids is 2. The molecule has 0 aromatic heterocycles. The molecule has 0 aromatic carbocycles. The summed E-state index contributed by atoms with van der Waals surface area (Å²) in [7, 11) is 0. The summed E-state index contributed by atoms with van der Waals surface area (Å²) in [6.07, 6.45) is 21.0. The van der Waals surface area contributed by atoms with E-state index in [1.807, 2.05) is 0 Å². The van der Waals surface area contributed by atoms with Gasteiger partial charge in [0.2, 0.25) is 0 Å². The first-order valence-corrected chi connectivity index (χ1v) is 10.7. The Morgan fingerprint density at radius 2 is 0.963 bits per heavy atom. The SMILES string of the molecule is CCCCCCCCCCCCCCCCCCC(=CC(=O)[O-])C(=O)[O-].[Mg+2]. The molecule has 0 aromatic rings. The zero-order valence-electron chi connectivity index (χ0n) is 17.4. The second-order valence-electron chi connectivity index (χ2n) is 7.33. The Morgan fingerprint density at radius 1 is 0.630 bits per heavy atom. The zero-order chi connectivity index (χ0) is 19.5. The fourth-order valence-electron chi connectivity index (χ4n) is 3.24. The number of unbranched alkanes of at least 4 members (excludes halogenated alkanes) is 15. The standard InChI is InChI=1S/C22H40O4.Mg/c1-2-3-4-5-6-7-8-9-10-11-12-13-14-15-16-17-18-20(22(25)26)19-21(23)24;/h19H,2-18H2,1H3,(H,23,24)(H,25,26);/q;+2/p-2. The molecule has 0 bridgehead atoms. The second-order valence-corrected chi connectivity index (χ2v) is 7.33. The maximum atomic E-state index is 10.8. The predicted octanol–water partition coefficient (Wildman–Crippen LogP) is 3.68. The smallest absolute Gasteiger partial charge is 0.545 e. The largest absolute Gasteiger partial charge is 2.00 e. The van der Waals surface area contributed by atoms with Crippen LogP contribution < -0.4 is 10.2 Å². The Morgan fingerprint density at radius 3 is 1.26 bits per heavy atom. The van der Waals surface area contributed by atoms with E-state index >= 15 is 0 Å². The fraction of sp³-hybridized carbons (Fsp3) is 0.818. The van der Waals surface area contributed by atoms with Gasteiger partial charge in [0, 0.05) is 0 Å². The number of carbonyl (C=O) groups excluding carboxylic acids is 2. The number of rotatable bonds is 19. The number of carboxylic acids is 2. The van der Waals surface area contributed by atoms with Gasteiger partial charge in [-0.3, -0.25) is 0 Å². The van der Waals surface area contributed by atoms with Crippen LogP contribution in [0, 0.1) is 0 Å². The van der Waals surface area contributed by atoms with Crippen LogP contribution in [0.1, 0.15) is 116 Å². The summed E-state index contributed by atoms with van der Waals surface area (Å²) in [6, 6.07) is 0. The second kappa shape index (κ2) is 21.7. The summed E-state index contributed by atoms with van der Waals surface area (Å²) in [4.78, 5) is 21.2. The molecule has 0 amide bonds. The van der Waals surface area contributed by atoms with E-state index in [0.29, 0.717) is 12.5 Å². The van der Waals surface area contributed by atoms with Crippen LogP contribution in [-0.2, 0) is 9.59 Å². The monoisotopic (exact) mass is 390 g/mol. The molecule has 0 radical (unpaired) electrons. The average molecular weight is 391 g/mol. The van der Waals surface area contributed by atoms with Crippen LogP contribution in [0.25, 0.3) is 0 Å². The molecule has 0 aliphatic rings. The van der Waals surface area contributed by atoms with Gasteiger partial charge in [0.25, 0.3) is 0 Å². The minimum Gasteiger partial charge on any atom is -0.545 e. The Balaban J connectivity index is 0. The van der Waals surface area contributed by atoms with E-state index < -0.39 is 11.9 Å². The molecule has 0 saturated carbocycles. The third kappa shape index (κ3) is 21.6. The molecular weight excluding hydrogens is 353 g/mol. The first-order chi connectivity index (χ1) is 12.6. The summed E-state index contributed by atoms with van der Waals surface area (Å²) >= 11 is 0. The molecule has 0 unspecified atom stereocenters. The van der Waals surface area contributed by atoms with Gasteiger partial charge in [-0.2, -0.15) is 0 Å². The van der Waals surface area contributed by atoms with Crippen molar-refractivity contribution in [2.24, 2.45) is 0 Å². The molecule has 0 aliphatic heterocycles. The zero-order valence-corrected chi connectivity index (χ0v) is 18.9. The van der Waals surface area contributed by atoms with Crippen LogP contribution in [-0.4, -0.2) is 35.0 Å². The Bertz CT molecular complexity index is 394. The molecule has 0 saturated heterocycles. The molecule has 0 fully saturated rings. The third-order valence-electron chi connectivity index (χ3n) is 4.85. The van der Waals surface area contributed by atoms with Crippen molar-refractivity contribution < 1.29 is 19.8 Å². The van der Waals surface area contributed by atoms with Crippen LogP contribution in [0.3, 0.4) is 0 Å². The number of carboxylic acid groups (broad SMARTS) is 2. The quantitative estimate of drug-likeness (QED) is 0.191. The molecule has 0 aliphatic carbocycles. The molecule has 5 heteroatoms. The van der Waals surface area contributed by atoms with E-state index in [1.165, 1.54) is 83.5 Å². The Kier molecular flexibility index (Phi) is 23.1. The molecule has 0 spiro atoms. The van der Waals surface area contributed by atoms with Gasteiger partial charge < -0.3 is 19.8 Å². The molecule has 0 N–H and O–H groups in total. The molecule has 27 heavy (non-hydrogen) atoms. The van der Waals surface area contributed by atoms with E-state index in [0.717, 1.165) is 12.8 Å². The van der Waals surface area contributed by atoms with Gasteiger partial charge in [-0.15, -0.1) is 0 Å². The third-order valence-corrected chi connectivity index (χ3v) is 4.85. The Labute approximate surface area is 182 Å². The topological polar surface area (TPSA) is 80.3 Å². The molecular formula is C22H38MgO4. The van der Waals surface area contributed by atoms with Crippen molar-refractivity contribution in [3.63, 3.8) is 0 Å². The van der Waals surface area contributed by atoms with Crippen LogP contribution in [0.5, 0.6) is 0 Å². The molecule has 0 heterocycles. The van der Waals surface area contributed by atoms with Gasteiger partial charge in [-0.25, -0.2) is 0 Å². The van der Waals surface area contributed by atoms with E-state index in [1.54, 1.807) is 0 Å². The summed E-state index contributed by atoms with van der Waals surface area (Å²) in [5, 5.41) is 21.2. The number of hydrogen-bond donors (Lipinski definition) is 0.